The highest BCUT2D eigenvalue weighted by Crippen LogP contribution is 2.21. The number of oxazole rings is 1. The van der Waals surface area contributed by atoms with E-state index in [1.807, 2.05) is 25.1 Å². The lowest BCUT2D eigenvalue weighted by molar-refractivity contribution is 0.573. The molecule has 0 aliphatic heterocycles. The Labute approximate surface area is 101 Å². The van der Waals surface area contributed by atoms with E-state index in [4.69, 9.17) is 10.2 Å². The van der Waals surface area contributed by atoms with Gasteiger partial charge in [-0.25, -0.2) is 0 Å². The average Bonchev–Trinajstić information content (AvgIpc) is 2.78. The van der Waals surface area contributed by atoms with Crippen molar-refractivity contribution in [1.29, 1.82) is 0 Å². The zero-order valence-corrected chi connectivity index (χ0v) is 10.1. The van der Waals surface area contributed by atoms with Crippen molar-refractivity contribution in [2.24, 2.45) is 5.73 Å². The van der Waals surface area contributed by atoms with Crippen LogP contribution in [0.5, 0.6) is 0 Å². The average molecular weight is 231 g/mol. The van der Waals surface area contributed by atoms with E-state index in [-0.39, 0.29) is 6.04 Å². The molecule has 1 heterocycles. The van der Waals surface area contributed by atoms with E-state index in [0.717, 1.165) is 17.8 Å². The molecular formula is C13H17N3O. The fourth-order valence-corrected chi connectivity index (χ4v) is 1.62. The number of para-hydroxylation sites is 1. The fourth-order valence-electron chi connectivity index (χ4n) is 1.62. The van der Waals surface area contributed by atoms with Gasteiger partial charge in [0.1, 0.15) is 6.26 Å². The van der Waals surface area contributed by atoms with Gasteiger partial charge in [-0.2, -0.15) is 4.98 Å². The molecule has 0 aliphatic carbocycles. The second kappa shape index (κ2) is 5.01. The SMILES string of the molecule is CCc1ccccc1Nc1nc(C(C)N)co1. The molecule has 0 aliphatic rings. The number of hydrogen-bond donors (Lipinski definition) is 2. The Kier molecular flexibility index (Phi) is 3.44. The van der Waals surface area contributed by atoms with E-state index < -0.39 is 0 Å². The summed E-state index contributed by atoms with van der Waals surface area (Å²) in [5, 5.41) is 3.17. The first kappa shape index (κ1) is 11.7. The summed E-state index contributed by atoms with van der Waals surface area (Å²) in [5.41, 5.74) is 8.73. The van der Waals surface area contributed by atoms with E-state index in [0.29, 0.717) is 6.01 Å². The largest absolute Gasteiger partial charge is 0.432 e. The zero-order valence-electron chi connectivity index (χ0n) is 10.1. The van der Waals surface area contributed by atoms with Crippen molar-refractivity contribution in [2.45, 2.75) is 26.3 Å². The van der Waals surface area contributed by atoms with Gasteiger partial charge in [-0.3, -0.25) is 0 Å². The molecule has 1 aromatic carbocycles. The molecule has 1 unspecified atom stereocenters. The maximum Gasteiger partial charge on any atom is 0.299 e. The first-order chi connectivity index (χ1) is 8.20. The van der Waals surface area contributed by atoms with Crippen molar-refractivity contribution in [3.63, 3.8) is 0 Å². The number of nitrogens with zero attached hydrogens (tertiary/aromatic N) is 1. The summed E-state index contributed by atoms with van der Waals surface area (Å²) in [4.78, 5) is 4.28. The molecule has 2 aromatic rings. The van der Waals surface area contributed by atoms with Crippen molar-refractivity contribution in [3.05, 3.63) is 41.8 Å². The van der Waals surface area contributed by atoms with Crippen molar-refractivity contribution in [3.8, 4) is 0 Å². The van der Waals surface area contributed by atoms with Crippen LogP contribution in [0.4, 0.5) is 11.7 Å². The third-order valence-corrected chi connectivity index (χ3v) is 2.63. The van der Waals surface area contributed by atoms with Gasteiger partial charge in [0.15, 0.2) is 0 Å². The summed E-state index contributed by atoms with van der Waals surface area (Å²) in [6.07, 6.45) is 2.55. The van der Waals surface area contributed by atoms with Crippen LogP contribution < -0.4 is 11.1 Å². The van der Waals surface area contributed by atoms with Gasteiger partial charge < -0.3 is 15.5 Å². The molecule has 0 fully saturated rings. The molecule has 0 saturated heterocycles. The Balaban J connectivity index is 2.19. The van der Waals surface area contributed by atoms with Crippen LogP contribution in [0.15, 0.2) is 34.9 Å². The predicted molar refractivity (Wildman–Crippen MR) is 68.2 cm³/mol. The molecule has 0 saturated carbocycles. The molecule has 17 heavy (non-hydrogen) atoms. The Morgan fingerprint density at radius 3 is 2.82 bits per heavy atom. The van der Waals surface area contributed by atoms with E-state index in [1.165, 1.54) is 5.56 Å². The van der Waals surface area contributed by atoms with Gasteiger partial charge in [-0.1, -0.05) is 25.1 Å². The van der Waals surface area contributed by atoms with Crippen LogP contribution in [0.2, 0.25) is 0 Å². The quantitative estimate of drug-likeness (QED) is 0.849. The van der Waals surface area contributed by atoms with Crippen LogP contribution >= 0.6 is 0 Å². The summed E-state index contributed by atoms with van der Waals surface area (Å²) in [6, 6.07) is 8.46. The molecule has 2 rings (SSSR count). The highest BCUT2D eigenvalue weighted by Gasteiger charge is 2.08. The van der Waals surface area contributed by atoms with Gasteiger partial charge >= 0.3 is 0 Å². The summed E-state index contributed by atoms with van der Waals surface area (Å²) >= 11 is 0. The molecule has 1 atom stereocenters. The molecule has 1 aromatic heterocycles. The summed E-state index contributed by atoms with van der Waals surface area (Å²) in [5.74, 6) is 0. The second-order valence-electron chi connectivity index (χ2n) is 4.00. The standard InChI is InChI=1S/C13H17N3O/c1-3-10-6-4-5-7-11(10)15-13-16-12(8-17-13)9(2)14/h4-9H,3,14H2,1-2H3,(H,15,16). The van der Waals surface area contributed by atoms with Crippen LogP contribution in [-0.2, 0) is 6.42 Å². The highest BCUT2D eigenvalue weighted by atomic mass is 16.4. The smallest absolute Gasteiger partial charge is 0.299 e. The minimum Gasteiger partial charge on any atom is -0.432 e. The topological polar surface area (TPSA) is 64.1 Å². The normalized spacial score (nSPS) is 12.4. The van der Waals surface area contributed by atoms with Crippen LogP contribution in [-0.4, -0.2) is 4.98 Å². The Hall–Kier alpha value is -1.81. The maximum atomic E-state index is 5.73. The minimum absolute atomic E-state index is 0.115. The van der Waals surface area contributed by atoms with Crippen LogP contribution in [0, 0.1) is 0 Å². The summed E-state index contributed by atoms with van der Waals surface area (Å²) < 4.78 is 5.33. The fraction of sp³-hybridized carbons (Fsp3) is 0.308. The molecule has 0 bridgehead atoms. The molecule has 4 nitrogen and oxygen atoms in total. The van der Waals surface area contributed by atoms with Gasteiger partial charge in [-0.15, -0.1) is 0 Å². The first-order valence-corrected chi connectivity index (χ1v) is 5.76. The predicted octanol–water partition coefficient (Wildman–Crippen LogP) is 3.00. The number of hydrogen-bond acceptors (Lipinski definition) is 4. The van der Waals surface area contributed by atoms with Gasteiger partial charge in [0.2, 0.25) is 0 Å². The first-order valence-electron chi connectivity index (χ1n) is 5.76. The van der Waals surface area contributed by atoms with Crippen LogP contribution in [0.1, 0.15) is 31.1 Å². The number of rotatable bonds is 4. The van der Waals surface area contributed by atoms with E-state index in [1.54, 1.807) is 6.26 Å². The molecule has 3 N–H and O–H groups in total. The van der Waals surface area contributed by atoms with Crippen molar-refractivity contribution in [2.75, 3.05) is 5.32 Å². The van der Waals surface area contributed by atoms with Gasteiger partial charge in [0.05, 0.1) is 5.69 Å². The number of nitrogens with two attached hydrogens (primary N) is 1. The number of anilines is 2. The lowest BCUT2D eigenvalue weighted by Gasteiger charge is -2.06. The Bertz CT molecular complexity index is 491. The molecular weight excluding hydrogens is 214 g/mol. The minimum atomic E-state index is -0.115. The monoisotopic (exact) mass is 231 g/mol. The Morgan fingerprint density at radius 2 is 2.18 bits per heavy atom. The summed E-state index contributed by atoms with van der Waals surface area (Å²) in [7, 11) is 0. The van der Waals surface area contributed by atoms with Gasteiger partial charge in [0.25, 0.3) is 6.01 Å². The molecule has 0 amide bonds. The van der Waals surface area contributed by atoms with E-state index in [2.05, 4.69) is 23.3 Å². The Morgan fingerprint density at radius 1 is 1.41 bits per heavy atom. The number of aromatic nitrogens is 1. The number of nitrogens with one attached hydrogen (secondary N) is 1. The molecule has 0 radical (unpaired) electrons. The van der Waals surface area contributed by atoms with Crippen LogP contribution in [0.3, 0.4) is 0 Å². The van der Waals surface area contributed by atoms with Crippen molar-refractivity contribution in [1.82, 2.24) is 4.98 Å². The molecule has 4 heteroatoms. The van der Waals surface area contributed by atoms with Gasteiger partial charge in [0, 0.05) is 11.7 Å². The van der Waals surface area contributed by atoms with E-state index >= 15 is 0 Å². The van der Waals surface area contributed by atoms with Gasteiger partial charge in [-0.05, 0) is 25.0 Å². The zero-order chi connectivity index (χ0) is 12.3. The van der Waals surface area contributed by atoms with Crippen molar-refractivity contribution >= 4 is 11.7 Å². The third kappa shape index (κ3) is 2.65. The molecule has 90 valence electrons. The summed E-state index contributed by atoms with van der Waals surface area (Å²) in [6.45, 7) is 3.99. The lowest BCUT2D eigenvalue weighted by atomic mass is 10.1. The van der Waals surface area contributed by atoms with E-state index in [9.17, 15) is 0 Å². The highest BCUT2D eigenvalue weighted by molar-refractivity contribution is 5.57. The lowest BCUT2D eigenvalue weighted by Crippen LogP contribution is -2.05. The number of aryl methyl sites for hydroxylation is 1. The molecule has 0 spiro atoms. The van der Waals surface area contributed by atoms with Crippen LogP contribution in [0.25, 0.3) is 0 Å². The number of benzene rings is 1. The second-order valence-corrected chi connectivity index (χ2v) is 4.00. The van der Waals surface area contributed by atoms with Crippen molar-refractivity contribution < 1.29 is 4.42 Å². The maximum absolute atomic E-state index is 5.73. The third-order valence-electron chi connectivity index (χ3n) is 2.63.